The van der Waals surface area contributed by atoms with Gasteiger partial charge in [0.05, 0.1) is 18.6 Å². The van der Waals surface area contributed by atoms with Crippen LogP contribution >= 0.6 is 12.0 Å². The van der Waals surface area contributed by atoms with Crippen LogP contribution in [-0.4, -0.2) is 12.9 Å². The van der Waals surface area contributed by atoms with Crippen molar-refractivity contribution in [1.29, 1.82) is 0 Å². The molecule has 126 valence electrons. The summed E-state index contributed by atoms with van der Waals surface area (Å²) in [6.45, 7) is 0.689. The van der Waals surface area contributed by atoms with Crippen LogP contribution in [0.1, 0.15) is 28.5 Å². The normalized spacial score (nSPS) is 18.9. The van der Waals surface area contributed by atoms with Crippen LogP contribution in [0, 0.1) is 0 Å². The third-order valence-electron chi connectivity index (χ3n) is 4.72. The number of hydrogen-bond donors (Lipinski definition) is 0. The zero-order valence-electron chi connectivity index (χ0n) is 14.1. The fourth-order valence-electron chi connectivity index (χ4n) is 3.59. The zero-order chi connectivity index (χ0) is 17.1. The van der Waals surface area contributed by atoms with Crippen LogP contribution < -0.4 is 8.92 Å². The van der Waals surface area contributed by atoms with E-state index in [1.807, 2.05) is 24.5 Å². The summed E-state index contributed by atoms with van der Waals surface area (Å²) in [5, 5.41) is 0. The molecular weight excluding hydrogens is 328 g/mol. The molecule has 1 aliphatic heterocycles. The highest BCUT2D eigenvalue weighted by Crippen LogP contribution is 2.46. The Kier molecular flexibility index (Phi) is 4.66. The van der Waals surface area contributed by atoms with Gasteiger partial charge in [0, 0.05) is 23.7 Å². The number of fused-ring (bicyclic) bond motifs is 1. The Morgan fingerprint density at radius 2 is 1.56 bits per heavy atom. The Morgan fingerprint density at radius 1 is 0.840 bits per heavy atom. The summed E-state index contributed by atoms with van der Waals surface area (Å²) in [5.41, 5.74) is 3.85. The van der Waals surface area contributed by atoms with Gasteiger partial charge in [0.2, 0.25) is 0 Å². The number of hydrogen-bond acceptors (Lipinski definition) is 3. The molecule has 1 heterocycles. The number of ether oxygens (including phenoxy) is 1. The summed E-state index contributed by atoms with van der Waals surface area (Å²) in [5.74, 6) is 2.44. The monoisotopic (exact) mass is 348 g/mol. The molecule has 0 aromatic heterocycles. The SMILES string of the molecule is CSOc1ccc(C2c3ccccc3OCC2c2ccccc2)cc1. The lowest BCUT2D eigenvalue weighted by molar-refractivity contribution is 0.249. The summed E-state index contributed by atoms with van der Waals surface area (Å²) < 4.78 is 11.6. The molecule has 0 spiro atoms. The minimum atomic E-state index is 0.274. The van der Waals surface area contributed by atoms with Crippen LogP contribution in [0.4, 0.5) is 0 Å². The average molecular weight is 348 g/mol. The van der Waals surface area contributed by atoms with E-state index in [0.29, 0.717) is 12.5 Å². The Morgan fingerprint density at radius 3 is 2.32 bits per heavy atom. The first-order chi connectivity index (χ1) is 12.4. The Balaban J connectivity index is 1.78. The summed E-state index contributed by atoms with van der Waals surface area (Å²) >= 11 is 1.36. The quantitative estimate of drug-likeness (QED) is 0.568. The van der Waals surface area contributed by atoms with Gasteiger partial charge in [0.25, 0.3) is 0 Å². The van der Waals surface area contributed by atoms with Crippen LogP contribution in [0.2, 0.25) is 0 Å². The number of rotatable bonds is 4. The second kappa shape index (κ2) is 7.24. The Labute approximate surface area is 153 Å². The molecule has 0 bridgehead atoms. The van der Waals surface area contributed by atoms with Crippen LogP contribution in [0.3, 0.4) is 0 Å². The van der Waals surface area contributed by atoms with Crippen molar-refractivity contribution in [3.8, 4) is 11.5 Å². The van der Waals surface area contributed by atoms with Gasteiger partial charge in [-0.25, -0.2) is 0 Å². The van der Waals surface area contributed by atoms with E-state index in [1.54, 1.807) is 0 Å². The van der Waals surface area contributed by atoms with Gasteiger partial charge in [-0.3, -0.25) is 0 Å². The molecule has 3 heteroatoms. The number of benzene rings is 3. The first-order valence-corrected chi connectivity index (χ1v) is 9.59. The van der Waals surface area contributed by atoms with E-state index in [9.17, 15) is 0 Å². The van der Waals surface area contributed by atoms with Gasteiger partial charge in [0.15, 0.2) is 0 Å². The predicted molar refractivity (Wildman–Crippen MR) is 104 cm³/mol. The first-order valence-electron chi connectivity index (χ1n) is 8.44. The van der Waals surface area contributed by atoms with Crippen molar-refractivity contribution in [2.75, 3.05) is 12.9 Å². The summed E-state index contributed by atoms with van der Waals surface area (Å²) in [4.78, 5) is 0. The van der Waals surface area contributed by atoms with Crippen molar-refractivity contribution in [2.45, 2.75) is 11.8 Å². The lowest BCUT2D eigenvalue weighted by Gasteiger charge is -2.34. The van der Waals surface area contributed by atoms with Crippen molar-refractivity contribution < 1.29 is 8.92 Å². The second-order valence-corrected chi connectivity index (χ2v) is 6.66. The van der Waals surface area contributed by atoms with E-state index in [4.69, 9.17) is 8.92 Å². The summed E-state index contributed by atoms with van der Waals surface area (Å²) in [6, 6.07) is 27.5. The van der Waals surface area contributed by atoms with Crippen molar-refractivity contribution in [3.05, 3.63) is 95.6 Å². The van der Waals surface area contributed by atoms with Crippen molar-refractivity contribution >= 4 is 12.0 Å². The van der Waals surface area contributed by atoms with E-state index >= 15 is 0 Å². The minimum absolute atomic E-state index is 0.274. The molecule has 0 saturated heterocycles. The topological polar surface area (TPSA) is 18.5 Å². The molecule has 4 rings (SSSR count). The van der Waals surface area contributed by atoms with E-state index < -0.39 is 0 Å². The smallest absolute Gasteiger partial charge is 0.137 e. The maximum Gasteiger partial charge on any atom is 0.137 e. The van der Waals surface area contributed by atoms with Crippen LogP contribution in [0.15, 0.2) is 78.9 Å². The summed E-state index contributed by atoms with van der Waals surface area (Å²) in [6.07, 6.45) is 1.92. The molecule has 0 saturated carbocycles. The molecule has 25 heavy (non-hydrogen) atoms. The van der Waals surface area contributed by atoms with Gasteiger partial charge < -0.3 is 8.92 Å². The van der Waals surface area contributed by atoms with Crippen molar-refractivity contribution in [3.63, 3.8) is 0 Å². The fraction of sp³-hybridized carbons (Fsp3) is 0.182. The average Bonchev–Trinajstić information content (AvgIpc) is 2.69. The van der Waals surface area contributed by atoms with Gasteiger partial charge in [-0.15, -0.1) is 0 Å². The molecule has 0 amide bonds. The van der Waals surface area contributed by atoms with Gasteiger partial charge in [-0.1, -0.05) is 60.7 Å². The largest absolute Gasteiger partial charge is 0.493 e. The van der Waals surface area contributed by atoms with E-state index in [1.165, 1.54) is 28.7 Å². The zero-order valence-corrected chi connectivity index (χ0v) is 14.9. The number of para-hydroxylation sites is 1. The van der Waals surface area contributed by atoms with E-state index in [0.717, 1.165) is 11.5 Å². The fourth-order valence-corrected chi connectivity index (χ4v) is 3.89. The van der Waals surface area contributed by atoms with E-state index in [2.05, 4.69) is 60.7 Å². The van der Waals surface area contributed by atoms with Gasteiger partial charge in [0.1, 0.15) is 11.5 Å². The Bertz CT molecular complexity index is 830. The first kappa shape index (κ1) is 16.1. The van der Waals surface area contributed by atoms with Crippen LogP contribution in [-0.2, 0) is 0 Å². The molecular formula is C22H20O2S. The third kappa shape index (κ3) is 3.24. The summed E-state index contributed by atoms with van der Waals surface area (Å²) in [7, 11) is 0. The lowest BCUT2D eigenvalue weighted by Crippen LogP contribution is -2.25. The van der Waals surface area contributed by atoms with E-state index in [-0.39, 0.29) is 5.92 Å². The second-order valence-electron chi connectivity index (χ2n) is 6.16. The molecule has 2 atom stereocenters. The van der Waals surface area contributed by atoms with Gasteiger partial charge >= 0.3 is 0 Å². The maximum atomic E-state index is 6.08. The van der Waals surface area contributed by atoms with Crippen molar-refractivity contribution in [1.82, 2.24) is 0 Å². The highest BCUT2D eigenvalue weighted by Gasteiger charge is 2.33. The van der Waals surface area contributed by atoms with Crippen LogP contribution in [0.5, 0.6) is 11.5 Å². The molecule has 1 aliphatic rings. The molecule has 3 aromatic carbocycles. The maximum absolute atomic E-state index is 6.08. The Hall–Kier alpha value is -2.39. The molecule has 2 unspecified atom stereocenters. The molecule has 2 nitrogen and oxygen atoms in total. The molecule has 3 aromatic rings. The van der Waals surface area contributed by atoms with Crippen LogP contribution in [0.25, 0.3) is 0 Å². The molecule has 0 aliphatic carbocycles. The predicted octanol–water partition coefficient (Wildman–Crippen LogP) is 5.65. The van der Waals surface area contributed by atoms with Gasteiger partial charge in [-0.05, 0) is 29.3 Å². The van der Waals surface area contributed by atoms with Crippen molar-refractivity contribution in [2.24, 2.45) is 0 Å². The van der Waals surface area contributed by atoms with Gasteiger partial charge in [-0.2, -0.15) is 0 Å². The third-order valence-corrected chi connectivity index (χ3v) is 5.08. The highest BCUT2D eigenvalue weighted by atomic mass is 32.2. The highest BCUT2D eigenvalue weighted by molar-refractivity contribution is 7.94. The lowest BCUT2D eigenvalue weighted by atomic mass is 9.76. The molecule has 0 fully saturated rings. The minimum Gasteiger partial charge on any atom is -0.493 e. The standard InChI is InChI=1S/C22H20O2S/c1-25-24-18-13-11-17(12-14-18)22-19-9-5-6-10-21(19)23-15-20(22)16-7-3-2-4-8-16/h2-14,20,22H,15H2,1H3. The molecule has 0 N–H and O–H groups in total. The molecule has 0 radical (unpaired) electrons.